The third-order valence-electron chi connectivity index (χ3n) is 6.21. The summed E-state index contributed by atoms with van der Waals surface area (Å²) in [7, 11) is 4.61. The molecule has 1 fully saturated rings. The number of methoxy groups -OCH3 is 3. The molecule has 1 aliphatic rings. The summed E-state index contributed by atoms with van der Waals surface area (Å²) in [5.41, 5.74) is 2.32. The molecule has 0 spiro atoms. The van der Waals surface area contributed by atoms with Crippen LogP contribution in [0.1, 0.15) is 29.8 Å². The third-order valence-corrected chi connectivity index (χ3v) is 6.21. The van der Waals surface area contributed by atoms with Gasteiger partial charge in [-0.15, -0.1) is 0 Å². The van der Waals surface area contributed by atoms with Crippen molar-refractivity contribution in [1.29, 1.82) is 0 Å². The van der Waals surface area contributed by atoms with Crippen LogP contribution in [-0.4, -0.2) is 68.1 Å². The molecule has 0 radical (unpaired) electrons. The molecule has 0 amide bonds. The van der Waals surface area contributed by atoms with Crippen LogP contribution in [0.4, 0.5) is 0 Å². The van der Waals surface area contributed by atoms with E-state index < -0.39 is 12.0 Å². The number of benzene rings is 2. The van der Waals surface area contributed by atoms with E-state index in [2.05, 4.69) is 5.32 Å². The van der Waals surface area contributed by atoms with Crippen LogP contribution in [0.2, 0.25) is 0 Å². The Labute approximate surface area is 210 Å². The number of aliphatic hydroxyl groups excluding tert-OH is 1. The molecule has 4 rings (SSSR count). The molecule has 1 saturated heterocycles. The van der Waals surface area contributed by atoms with E-state index in [1.54, 1.807) is 12.1 Å². The van der Waals surface area contributed by atoms with Gasteiger partial charge >= 0.3 is 0 Å². The van der Waals surface area contributed by atoms with E-state index >= 15 is 0 Å². The summed E-state index contributed by atoms with van der Waals surface area (Å²) in [6, 6.07) is 11.3. The van der Waals surface area contributed by atoms with Crippen molar-refractivity contribution in [3.63, 3.8) is 0 Å². The summed E-state index contributed by atoms with van der Waals surface area (Å²) in [6.07, 6.45) is 1.06. The predicted molar refractivity (Wildman–Crippen MR) is 135 cm³/mol. The number of ether oxygens (including phenoxy) is 5. The molecule has 3 aromatic rings. The molecule has 1 aromatic heterocycles. The highest BCUT2D eigenvalue weighted by Crippen LogP contribution is 2.38. The molecule has 2 heterocycles. The molecular formula is C27H34N2O7. The fraction of sp³-hybridized carbons (Fsp3) is 0.444. The standard InChI is InChI=1S/C27H34N2O7/c1-27(2)35-16-18(36-27)14-29-15-20(19-8-6-7-9-21(19)29)22(30)13-28-25(31)12-17-10-23(32-3)26(34-5)24(11-17)33-4/h6-11,15,18,25,28,31H,12-14,16H2,1-5H3/t18-,25?/m1/s1. The average molecular weight is 499 g/mol. The van der Waals surface area contributed by atoms with Gasteiger partial charge in [0.05, 0.1) is 41.0 Å². The molecule has 1 aliphatic heterocycles. The average Bonchev–Trinajstić information content (AvgIpc) is 3.41. The molecule has 2 atom stereocenters. The summed E-state index contributed by atoms with van der Waals surface area (Å²) >= 11 is 0. The van der Waals surface area contributed by atoms with Crippen molar-refractivity contribution in [2.75, 3.05) is 34.5 Å². The molecule has 9 heteroatoms. The van der Waals surface area contributed by atoms with Gasteiger partial charge in [-0.05, 0) is 37.6 Å². The van der Waals surface area contributed by atoms with Gasteiger partial charge < -0.3 is 33.4 Å². The molecule has 36 heavy (non-hydrogen) atoms. The number of Topliss-reactive ketones (excluding diaryl/α,β-unsaturated/α-hetero) is 1. The number of aromatic nitrogens is 1. The Morgan fingerprint density at radius 1 is 1.17 bits per heavy atom. The van der Waals surface area contributed by atoms with Crippen LogP contribution in [0.3, 0.4) is 0 Å². The topological polar surface area (TPSA) is 100 Å². The first kappa shape index (κ1) is 26.0. The van der Waals surface area contributed by atoms with Gasteiger partial charge in [-0.1, -0.05) is 18.2 Å². The summed E-state index contributed by atoms with van der Waals surface area (Å²) in [5, 5.41) is 14.4. The number of hydrogen-bond donors (Lipinski definition) is 2. The third kappa shape index (κ3) is 5.65. The lowest BCUT2D eigenvalue weighted by atomic mass is 10.1. The Hall–Kier alpha value is -3.11. The zero-order chi connectivity index (χ0) is 25.9. The van der Waals surface area contributed by atoms with E-state index in [4.69, 9.17) is 23.7 Å². The fourth-order valence-corrected chi connectivity index (χ4v) is 4.55. The second-order valence-corrected chi connectivity index (χ2v) is 9.22. The highest BCUT2D eigenvalue weighted by Gasteiger charge is 2.33. The lowest BCUT2D eigenvalue weighted by molar-refractivity contribution is -0.139. The maximum absolute atomic E-state index is 13.2. The molecule has 2 aromatic carbocycles. The maximum atomic E-state index is 13.2. The summed E-state index contributed by atoms with van der Waals surface area (Å²) < 4.78 is 29.8. The Morgan fingerprint density at radius 3 is 2.47 bits per heavy atom. The fourth-order valence-electron chi connectivity index (χ4n) is 4.55. The second-order valence-electron chi connectivity index (χ2n) is 9.22. The van der Waals surface area contributed by atoms with Gasteiger partial charge in [0.25, 0.3) is 0 Å². The monoisotopic (exact) mass is 498 g/mol. The van der Waals surface area contributed by atoms with E-state index in [1.165, 1.54) is 21.3 Å². The van der Waals surface area contributed by atoms with Gasteiger partial charge in [0, 0.05) is 29.1 Å². The van der Waals surface area contributed by atoms with Crippen LogP contribution in [0.5, 0.6) is 17.2 Å². The van der Waals surface area contributed by atoms with Crippen LogP contribution in [-0.2, 0) is 22.4 Å². The summed E-state index contributed by atoms with van der Waals surface area (Å²) in [6.45, 7) is 4.84. The molecule has 2 N–H and O–H groups in total. The molecule has 0 bridgehead atoms. The van der Waals surface area contributed by atoms with Gasteiger partial charge in [0.15, 0.2) is 23.1 Å². The number of para-hydroxylation sites is 1. The molecule has 9 nitrogen and oxygen atoms in total. The van der Waals surface area contributed by atoms with Crippen LogP contribution in [0.15, 0.2) is 42.6 Å². The molecule has 194 valence electrons. The molecular weight excluding hydrogens is 464 g/mol. The first-order valence-corrected chi connectivity index (χ1v) is 11.9. The van der Waals surface area contributed by atoms with Crippen molar-refractivity contribution in [3.8, 4) is 17.2 Å². The van der Waals surface area contributed by atoms with Crippen LogP contribution >= 0.6 is 0 Å². The number of ketones is 1. The predicted octanol–water partition coefficient (Wildman–Crippen LogP) is 3.15. The Balaban J connectivity index is 1.44. The number of nitrogens with one attached hydrogen (secondary N) is 1. The lowest BCUT2D eigenvalue weighted by Crippen LogP contribution is -2.35. The van der Waals surface area contributed by atoms with E-state index in [9.17, 15) is 9.90 Å². The van der Waals surface area contributed by atoms with Crippen molar-refractivity contribution in [3.05, 3.63) is 53.7 Å². The Bertz CT molecular complexity index is 1200. The van der Waals surface area contributed by atoms with Crippen molar-refractivity contribution in [1.82, 2.24) is 9.88 Å². The van der Waals surface area contributed by atoms with E-state index in [-0.39, 0.29) is 24.9 Å². The van der Waals surface area contributed by atoms with E-state index in [0.717, 1.165) is 16.5 Å². The molecule has 1 unspecified atom stereocenters. The number of carbonyl (C=O) groups excluding carboxylic acids is 1. The van der Waals surface area contributed by atoms with Crippen molar-refractivity contribution in [2.45, 2.75) is 44.9 Å². The smallest absolute Gasteiger partial charge is 0.203 e. The van der Waals surface area contributed by atoms with Crippen molar-refractivity contribution in [2.24, 2.45) is 0 Å². The number of carbonyl (C=O) groups is 1. The van der Waals surface area contributed by atoms with Crippen molar-refractivity contribution >= 4 is 16.7 Å². The van der Waals surface area contributed by atoms with E-state index in [1.807, 2.05) is 48.9 Å². The van der Waals surface area contributed by atoms with Crippen LogP contribution in [0.25, 0.3) is 10.9 Å². The minimum absolute atomic E-state index is 0.0182. The van der Waals surface area contributed by atoms with Gasteiger partial charge in [-0.2, -0.15) is 0 Å². The number of fused-ring (bicyclic) bond motifs is 1. The van der Waals surface area contributed by atoms with Crippen LogP contribution in [0, 0.1) is 0 Å². The minimum atomic E-state index is -0.948. The second kappa shape index (κ2) is 10.9. The van der Waals surface area contributed by atoms with Gasteiger partial charge in [0.2, 0.25) is 5.75 Å². The quantitative estimate of drug-likeness (QED) is 0.307. The highest BCUT2D eigenvalue weighted by atomic mass is 16.7. The maximum Gasteiger partial charge on any atom is 0.203 e. The lowest BCUT2D eigenvalue weighted by Gasteiger charge is -2.17. The normalized spacial score (nSPS) is 17.8. The first-order valence-electron chi connectivity index (χ1n) is 11.9. The first-order chi connectivity index (χ1) is 17.2. The Kier molecular flexibility index (Phi) is 7.85. The zero-order valence-electron chi connectivity index (χ0n) is 21.4. The Morgan fingerprint density at radius 2 is 1.86 bits per heavy atom. The number of nitrogens with zero attached hydrogens (tertiary/aromatic N) is 1. The summed E-state index contributed by atoms with van der Waals surface area (Å²) in [4.78, 5) is 13.2. The van der Waals surface area contributed by atoms with E-state index in [0.29, 0.717) is 36.0 Å². The highest BCUT2D eigenvalue weighted by molar-refractivity contribution is 6.09. The van der Waals surface area contributed by atoms with Crippen molar-refractivity contribution < 1.29 is 33.6 Å². The zero-order valence-corrected chi connectivity index (χ0v) is 21.4. The number of hydrogen-bond acceptors (Lipinski definition) is 8. The summed E-state index contributed by atoms with van der Waals surface area (Å²) in [5.74, 6) is 0.768. The van der Waals surface area contributed by atoms with Crippen LogP contribution < -0.4 is 19.5 Å². The largest absolute Gasteiger partial charge is 0.493 e. The molecule has 0 saturated carbocycles. The number of rotatable bonds is 11. The SMILES string of the molecule is COc1cc(CC(O)NCC(=O)c2cn(C[C@@H]3COC(C)(C)O3)c3ccccc23)cc(OC)c1OC. The van der Waals surface area contributed by atoms with Gasteiger partial charge in [-0.3, -0.25) is 10.1 Å². The number of aliphatic hydroxyl groups is 1. The van der Waals surface area contributed by atoms with Gasteiger partial charge in [-0.25, -0.2) is 0 Å². The minimum Gasteiger partial charge on any atom is -0.493 e. The van der Waals surface area contributed by atoms with Gasteiger partial charge in [0.1, 0.15) is 12.3 Å². The molecule has 0 aliphatic carbocycles.